The molecule has 0 radical (unpaired) electrons. The number of fused-ring (bicyclic) bond motifs is 1. The van der Waals surface area contributed by atoms with E-state index in [1.807, 2.05) is 25.3 Å². The first-order chi connectivity index (χ1) is 8.72. The molecule has 0 saturated carbocycles. The van der Waals surface area contributed by atoms with Crippen LogP contribution in [-0.2, 0) is 6.42 Å². The minimum absolute atomic E-state index is 0.0182. The molecular weight excluding hydrogens is 226 g/mol. The fraction of sp³-hybridized carbons (Fsp3) is 0.429. The van der Waals surface area contributed by atoms with E-state index in [2.05, 4.69) is 10.3 Å². The SMILES string of the molecule is Cc1ccc2nc(CC3CCNC3)cc(=O)n2c1. The van der Waals surface area contributed by atoms with E-state index < -0.39 is 0 Å². The molecule has 0 bridgehead atoms. The second-order valence-corrected chi connectivity index (χ2v) is 5.08. The summed E-state index contributed by atoms with van der Waals surface area (Å²) in [6.07, 6.45) is 3.91. The molecule has 4 heteroatoms. The summed E-state index contributed by atoms with van der Waals surface area (Å²) >= 11 is 0. The first-order valence-corrected chi connectivity index (χ1v) is 6.42. The quantitative estimate of drug-likeness (QED) is 0.861. The van der Waals surface area contributed by atoms with Crippen molar-refractivity contribution in [3.8, 4) is 0 Å². The Kier molecular flexibility index (Phi) is 2.88. The Morgan fingerprint density at radius 2 is 2.39 bits per heavy atom. The molecule has 0 amide bonds. The number of rotatable bonds is 2. The van der Waals surface area contributed by atoms with Gasteiger partial charge in [0.1, 0.15) is 5.65 Å². The first-order valence-electron chi connectivity index (χ1n) is 6.42. The predicted molar refractivity (Wildman–Crippen MR) is 70.9 cm³/mol. The Balaban J connectivity index is 1.99. The molecule has 1 aliphatic heterocycles. The van der Waals surface area contributed by atoms with E-state index in [9.17, 15) is 4.79 Å². The van der Waals surface area contributed by atoms with E-state index in [-0.39, 0.29) is 5.56 Å². The van der Waals surface area contributed by atoms with Crippen molar-refractivity contribution < 1.29 is 0 Å². The predicted octanol–water partition coefficient (Wildman–Crippen LogP) is 1.15. The normalized spacial score (nSPS) is 19.5. The molecule has 0 spiro atoms. The van der Waals surface area contributed by atoms with Gasteiger partial charge in [-0.05, 0) is 50.4 Å². The second kappa shape index (κ2) is 4.53. The van der Waals surface area contributed by atoms with Gasteiger partial charge in [-0.15, -0.1) is 0 Å². The van der Waals surface area contributed by atoms with Gasteiger partial charge in [0.2, 0.25) is 0 Å². The molecule has 18 heavy (non-hydrogen) atoms. The molecule has 1 saturated heterocycles. The summed E-state index contributed by atoms with van der Waals surface area (Å²) in [6.45, 7) is 4.09. The van der Waals surface area contributed by atoms with Crippen LogP contribution in [0.3, 0.4) is 0 Å². The van der Waals surface area contributed by atoms with Gasteiger partial charge in [-0.3, -0.25) is 9.20 Å². The molecule has 1 unspecified atom stereocenters. The van der Waals surface area contributed by atoms with Gasteiger partial charge in [0, 0.05) is 18.0 Å². The number of hydrogen-bond donors (Lipinski definition) is 1. The van der Waals surface area contributed by atoms with Gasteiger partial charge in [-0.1, -0.05) is 6.07 Å². The topological polar surface area (TPSA) is 46.4 Å². The summed E-state index contributed by atoms with van der Waals surface area (Å²) in [5, 5.41) is 3.34. The van der Waals surface area contributed by atoms with E-state index in [0.29, 0.717) is 5.92 Å². The Labute approximate surface area is 106 Å². The van der Waals surface area contributed by atoms with Crippen LogP contribution in [0.25, 0.3) is 5.65 Å². The molecule has 2 aromatic rings. The Morgan fingerprint density at radius 3 is 3.17 bits per heavy atom. The maximum atomic E-state index is 12.0. The Hall–Kier alpha value is -1.68. The molecule has 4 nitrogen and oxygen atoms in total. The molecule has 1 fully saturated rings. The minimum Gasteiger partial charge on any atom is -0.316 e. The zero-order chi connectivity index (χ0) is 12.5. The highest BCUT2D eigenvalue weighted by molar-refractivity contribution is 5.40. The number of nitrogens with zero attached hydrogens (tertiary/aromatic N) is 2. The van der Waals surface area contributed by atoms with E-state index in [1.165, 1.54) is 6.42 Å². The van der Waals surface area contributed by atoms with Crippen molar-refractivity contribution in [2.24, 2.45) is 5.92 Å². The summed E-state index contributed by atoms with van der Waals surface area (Å²) in [5.74, 6) is 0.616. The summed E-state index contributed by atoms with van der Waals surface area (Å²) in [6, 6.07) is 5.57. The lowest BCUT2D eigenvalue weighted by Crippen LogP contribution is -2.18. The molecule has 0 aliphatic carbocycles. The highest BCUT2D eigenvalue weighted by Crippen LogP contribution is 2.13. The summed E-state index contributed by atoms with van der Waals surface area (Å²) in [4.78, 5) is 16.6. The van der Waals surface area contributed by atoms with E-state index in [4.69, 9.17) is 0 Å². The third kappa shape index (κ3) is 2.16. The fourth-order valence-corrected chi connectivity index (χ4v) is 2.55. The average Bonchev–Trinajstić information content (AvgIpc) is 2.83. The van der Waals surface area contributed by atoms with Crippen molar-refractivity contribution in [1.82, 2.24) is 14.7 Å². The van der Waals surface area contributed by atoms with Gasteiger partial charge >= 0.3 is 0 Å². The zero-order valence-electron chi connectivity index (χ0n) is 10.5. The monoisotopic (exact) mass is 243 g/mol. The fourth-order valence-electron chi connectivity index (χ4n) is 2.55. The maximum Gasteiger partial charge on any atom is 0.258 e. The lowest BCUT2D eigenvalue weighted by Gasteiger charge is -2.08. The summed E-state index contributed by atoms with van der Waals surface area (Å²) in [5.41, 5.74) is 2.75. The van der Waals surface area contributed by atoms with Crippen molar-refractivity contribution in [3.63, 3.8) is 0 Å². The largest absolute Gasteiger partial charge is 0.316 e. The zero-order valence-corrected chi connectivity index (χ0v) is 10.5. The number of pyridine rings is 1. The van der Waals surface area contributed by atoms with Crippen LogP contribution in [0.15, 0.2) is 29.2 Å². The third-order valence-electron chi connectivity index (χ3n) is 3.52. The Bertz CT molecular complexity index is 626. The van der Waals surface area contributed by atoms with Crippen LogP contribution >= 0.6 is 0 Å². The van der Waals surface area contributed by atoms with Crippen molar-refractivity contribution >= 4 is 5.65 Å². The molecule has 3 heterocycles. The van der Waals surface area contributed by atoms with Gasteiger partial charge in [-0.25, -0.2) is 4.98 Å². The lowest BCUT2D eigenvalue weighted by atomic mass is 10.0. The van der Waals surface area contributed by atoms with Crippen LogP contribution in [-0.4, -0.2) is 22.5 Å². The van der Waals surface area contributed by atoms with Crippen LogP contribution in [0.1, 0.15) is 17.7 Å². The molecule has 2 aromatic heterocycles. The van der Waals surface area contributed by atoms with E-state index in [0.717, 1.165) is 36.4 Å². The average molecular weight is 243 g/mol. The molecule has 1 aliphatic rings. The standard InChI is InChI=1S/C14H17N3O/c1-10-2-3-13-16-12(6-11-4-5-15-8-11)7-14(18)17(13)9-10/h2-3,7,9,11,15H,4-6,8H2,1H3. The Morgan fingerprint density at radius 1 is 1.50 bits per heavy atom. The van der Waals surface area contributed by atoms with Crippen LogP contribution < -0.4 is 10.9 Å². The van der Waals surface area contributed by atoms with E-state index >= 15 is 0 Å². The van der Waals surface area contributed by atoms with Crippen LogP contribution in [0.2, 0.25) is 0 Å². The van der Waals surface area contributed by atoms with E-state index in [1.54, 1.807) is 10.5 Å². The van der Waals surface area contributed by atoms with Crippen LogP contribution in [0.5, 0.6) is 0 Å². The highest BCUT2D eigenvalue weighted by Gasteiger charge is 2.16. The maximum absolute atomic E-state index is 12.0. The van der Waals surface area contributed by atoms with Gasteiger partial charge in [0.05, 0.1) is 0 Å². The van der Waals surface area contributed by atoms with Crippen molar-refractivity contribution in [3.05, 3.63) is 46.0 Å². The molecule has 94 valence electrons. The van der Waals surface area contributed by atoms with Gasteiger partial charge in [-0.2, -0.15) is 0 Å². The molecule has 3 rings (SSSR count). The molecule has 1 N–H and O–H groups in total. The van der Waals surface area contributed by atoms with Gasteiger partial charge in [0.15, 0.2) is 0 Å². The molecular formula is C14H17N3O. The highest BCUT2D eigenvalue weighted by atomic mass is 16.1. The molecule has 1 atom stereocenters. The minimum atomic E-state index is 0.0182. The van der Waals surface area contributed by atoms with Crippen molar-refractivity contribution in [2.75, 3.05) is 13.1 Å². The lowest BCUT2D eigenvalue weighted by molar-refractivity contribution is 0.571. The van der Waals surface area contributed by atoms with Crippen LogP contribution in [0.4, 0.5) is 0 Å². The summed E-state index contributed by atoms with van der Waals surface area (Å²) in [7, 11) is 0. The number of nitrogens with one attached hydrogen (secondary N) is 1. The van der Waals surface area contributed by atoms with Gasteiger partial charge in [0.25, 0.3) is 5.56 Å². The number of aryl methyl sites for hydroxylation is 1. The molecule has 0 aromatic carbocycles. The number of hydrogen-bond acceptors (Lipinski definition) is 3. The number of aromatic nitrogens is 2. The summed E-state index contributed by atoms with van der Waals surface area (Å²) < 4.78 is 1.62. The van der Waals surface area contributed by atoms with Crippen LogP contribution in [0, 0.1) is 12.8 Å². The second-order valence-electron chi connectivity index (χ2n) is 5.08. The van der Waals surface area contributed by atoms with Crippen molar-refractivity contribution in [2.45, 2.75) is 19.8 Å². The third-order valence-corrected chi connectivity index (χ3v) is 3.52. The smallest absolute Gasteiger partial charge is 0.258 e. The van der Waals surface area contributed by atoms with Gasteiger partial charge < -0.3 is 5.32 Å². The first kappa shape index (κ1) is 11.4. The van der Waals surface area contributed by atoms with Crippen molar-refractivity contribution in [1.29, 1.82) is 0 Å².